The van der Waals surface area contributed by atoms with Crippen LogP contribution in [0.4, 0.5) is 5.69 Å². The summed E-state index contributed by atoms with van der Waals surface area (Å²) in [7, 11) is 3.24. The van der Waals surface area contributed by atoms with Crippen LogP contribution in [0.15, 0.2) is 90.5 Å². The van der Waals surface area contributed by atoms with Gasteiger partial charge in [-0.2, -0.15) is 0 Å². The Labute approximate surface area is 219 Å². The molecule has 3 aromatic rings. The third-order valence-corrected chi connectivity index (χ3v) is 7.81. The molecular weight excluding hydrogens is 482 g/mol. The molecule has 4 unspecified atom stereocenters. The molecule has 1 saturated heterocycles. The molecule has 1 N–H and O–H groups in total. The first kappa shape index (κ1) is 23.7. The molecule has 2 fully saturated rings. The lowest BCUT2D eigenvalue weighted by Crippen LogP contribution is -2.33. The van der Waals surface area contributed by atoms with E-state index < -0.39 is 17.8 Å². The van der Waals surface area contributed by atoms with E-state index in [2.05, 4.69) is 0 Å². The third kappa shape index (κ3) is 3.54. The van der Waals surface area contributed by atoms with Gasteiger partial charge in [0.05, 0.1) is 37.3 Å². The van der Waals surface area contributed by atoms with E-state index >= 15 is 0 Å². The Morgan fingerprint density at radius 2 is 1.24 bits per heavy atom. The molecule has 1 aliphatic heterocycles. The molecule has 3 aliphatic rings. The van der Waals surface area contributed by atoms with E-state index in [0.29, 0.717) is 5.69 Å². The highest BCUT2D eigenvalue weighted by atomic mass is 16.5. The molecule has 0 aromatic heterocycles. The van der Waals surface area contributed by atoms with Gasteiger partial charge in [-0.15, -0.1) is 0 Å². The minimum atomic E-state index is -1.11. The predicted octanol–water partition coefficient (Wildman–Crippen LogP) is 4.83. The molecule has 0 radical (unpaired) electrons. The maximum absolute atomic E-state index is 13.7. The molecule has 4 atom stereocenters. The number of carbonyl (C=O) groups excluding carboxylic acids is 2. The minimum Gasteiger partial charge on any atom is -0.497 e. The summed E-state index contributed by atoms with van der Waals surface area (Å²) < 4.78 is 10.7. The Kier molecular flexibility index (Phi) is 5.64. The number of carboxylic acid groups (broad SMARTS) is 1. The number of anilines is 1. The number of carbonyl (C=O) groups is 3. The summed E-state index contributed by atoms with van der Waals surface area (Å²) in [6, 6.07) is 21.6. The van der Waals surface area contributed by atoms with Crippen LogP contribution in [0.1, 0.15) is 21.5 Å². The number of amides is 2. The van der Waals surface area contributed by atoms with Crippen LogP contribution in [0.3, 0.4) is 0 Å². The van der Waals surface area contributed by atoms with Crippen LogP contribution in [0.25, 0.3) is 5.57 Å². The van der Waals surface area contributed by atoms with E-state index in [1.54, 1.807) is 26.4 Å². The van der Waals surface area contributed by atoms with E-state index in [-0.39, 0.29) is 29.2 Å². The van der Waals surface area contributed by atoms with Gasteiger partial charge in [0.15, 0.2) is 0 Å². The first-order valence-electron chi connectivity index (χ1n) is 12.4. The number of nitrogens with zero attached hydrogens (tertiary/aromatic N) is 1. The predicted molar refractivity (Wildman–Crippen MR) is 141 cm³/mol. The second kappa shape index (κ2) is 9.03. The van der Waals surface area contributed by atoms with Gasteiger partial charge in [0.1, 0.15) is 11.5 Å². The van der Waals surface area contributed by atoms with Crippen molar-refractivity contribution >= 4 is 29.0 Å². The fourth-order valence-electron chi connectivity index (χ4n) is 6.14. The molecule has 0 spiro atoms. The summed E-state index contributed by atoms with van der Waals surface area (Å²) in [5.41, 5.74) is 4.31. The molecule has 2 aliphatic carbocycles. The number of imide groups is 1. The van der Waals surface area contributed by atoms with Gasteiger partial charge in [-0.3, -0.25) is 9.59 Å². The Balaban J connectivity index is 1.46. The Morgan fingerprint density at radius 1 is 0.737 bits per heavy atom. The lowest BCUT2D eigenvalue weighted by molar-refractivity contribution is -0.122. The molecule has 38 heavy (non-hydrogen) atoms. The van der Waals surface area contributed by atoms with Crippen molar-refractivity contribution in [3.8, 4) is 11.5 Å². The largest absolute Gasteiger partial charge is 0.497 e. The summed E-state index contributed by atoms with van der Waals surface area (Å²) in [6.07, 6.45) is 4.08. The van der Waals surface area contributed by atoms with Crippen molar-refractivity contribution in [2.24, 2.45) is 23.7 Å². The first-order valence-corrected chi connectivity index (χ1v) is 12.4. The van der Waals surface area contributed by atoms with E-state index in [9.17, 15) is 19.5 Å². The highest BCUT2D eigenvalue weighted by Gasteiger charge is 2.62. The van der Waals surface area contributed by atoms with Crippen molar-refractivity contribution < 1.29 is 29.0 Å². The quantitative estimate of drug-likeness (QED) is 0.380. The van der Waals surface area contributed by atoms with Gasteiger partial charge in [0.25, 0.3) is 0 Å². The zero-order valence-electron chi connectivity index (χ0n) is 20.8. The number of benzene rings is 3. The summed E-state index contributed by atoms with van der Waals surface area (Å²) in [4.78, 5) is 40.2. The van der Waals surface area contributed by atoms with Crippen molar-refractivity contribution in [1.82, 2.24) is 0 Å². The third-order valence-electron chi connectivity index (χ3n) is 7.81. The van der Waals surface area contributed by atoms with Crippen LogP contribution >= 0.6 is 0 Å². The molecule has 6 rings (SSSR count). The van der Waals surface area contributed by atoms with Crippen molar-refractivity contribution in [2.45, 2.75) is 0 Å². The minimum absolute atomic E-state index is 0.0307. The number of carboxylic acids is 1. The van der Waals surface area contributed by atoms with Gasteiger partial charge in [0.2, 0.25) is 11.8 Å². The summed E-state index contributed by atoms with van der Waals surface area (Å²) >= 11 is 0. The lowest BCUT2D eigenvalue weighted by Gasteiger charge is -2.22. The smallest absolute Gasteiger partial charge is 0.335 e. The molecule has 1 saturated carbocycles. The van der Waals surface area contributed by atoms with Crippen LogP contribution < -0.4 is 14.4 Å². The second-order valence-corrected chi connectivity index (χ2v) is 9.64. The number of methoxy groups -OCH3 is 2. The SMILES string of the molecule is COc1ccc(C(=C2C3C=CC2C2C(=O)N(c4cccc(C(=O)O)c4)C(=O)C32)c2ccc(OC)cc2)cc1. The molecule has 2 amide bonds. The Bertz CT molecular complexity index is 1440. The molecule has 1 heterocycles. The highest BCUT2D eigenvalue weighted by Crippen LogP contribution is 2.59. The normalized spacial score (nSPS) is 23.1. The van der Waals surface area contributed by atoms with Crippen molar-refractivity contribution in [3.63, 3.8) is 0 Å². The standard InChI is InChI=1S/C31H25NO6/c1-37-21-10-6-17(7-11-21)25(18-8-12-22(38-2)13-9-18)26-23-14-15-24(26)28-27(23)29(33)32(30(28)34)20-5-3-4-19(16-20)31(35)36/h3-16,23-24,27-28H,1-2H3,(H,35,36). The number of hydrogen-bond acceptors (Lipinski definition) is 5. The summed E-state index contributed by atoms with van der Waals surface area (Å²) in [6.45, 7) is 0. The van der Waals surface area contributed by atoms with Gasteiger partial charge < -0.3 is 14.6 Å². The van der Waals surface area contributed by atoms with Gasteiger partial charge >= 0.3 is 5.97 Å². The van der Waals surface area contributed by atoms with E-state index in [4.69, 9.17) is 9.47 Å². The number of hydrogen-bond donors (Lipinski definition) is 1. The molecule has 7 heteroatoms. The fraction of sp³-hybridized carbons (Fsp3) is 0.194. The number of aromatic carboxylic acids is 1. The van der Waals surface area contributed by atoms with Crippen LogP contribution in [0.2, 0.25) is 0 Å². The maximum atomic E-state index is 13.7. The molecule has 3 aromatic carbocycles. The Morgan fingerprint density at radius 3 is 1.68 bits per heavy atom. The first-order chi connectivity index (χ1) is 18.4. The van der Waals surface area contributed by atoms with Crippen LogP contribution in [0.5, 0.6) is 11.5 Å². The van der Waals surface area contributed by atoms with Gasteiger partial charge in [-0.1, -0.05) is 42.5 Å². The number of fused-ring (bicyclic) bond motifs is 5. The highest BCUT2D eigenvalue weighted by molar-refractivity contribution is 6.23. The Hall–Kier alpha value is -4.65. The molecule has 2 bridgehead atoms. The average molecular weight is 508 g/mol. The molecule has 190 valence electrons. The van der Waals surface area contributed by atoms with Crippen molar-refractivity contribution in [2.75, 3.05) is 19.1 Å². The zero-order valence-corrected chi connectivity index (χ0v) is 20.8. The van der Waals surface area contributed by atoms with E-state index in [1.807, 2.05) is 60.7 Å². The summed E-state index contributed by atoms with van der Waals surface area (Å²) in [5.74, 6) is -1.77. The monoisotopic (exact) mass is 507 g/mol. The van der Waals surface area contributed by atoms with Crippen molar-refractivity contribution in [1.29, 1.82) is 0 Å². The van der Waals surface area contributed by atoms with Gasteiger partial charge in [-0.25, -0.2) is 9.69 Å². The average Bonchev–Trinajstić information content (AvgIpc) is 3.58. The second-order valence-electron chi connectivity index (χ2n) is 9.64. The number of rotatable bonds is 6. The van der Waals surface area contributed by atoms with Gasteiger partial charge in [-0.05, 0) is 64.7 Å². The van der Waals surface area contributed by atoms with Crippen LogP contribution in [0, 0.1) is 23.7 Å². The maximum Gasteiger partial charge on any atom is 0.335 e. The number of ether oxygens (including phenoxy) is 2. The van der Waals surface area contributed by atoms with E-state index in [0.717, 1.165) is 33.8 Å². The summed E-state index contributed by atoms with van der Waals surface area (Å²) in [5, 5.41) is 9.40. The van der Waals surface area contributed by atoms with Crippen LogP contribution in [-0.4, -0.2) is 37.1 Å². The fourth-order valence-corrected chi connectivity index (χ4v) is 6.14. The van der Waals surface area contributed by atoms with Crippen molar-refractivity contribution in [3.05, 3.63) is 107 Å². The van der Waals surface area contributed by atoms with Gasteiger partial charge in [0, 0.05) is 11.8 Å². The molecule has 7 nitrogen and oxygen atoms in total. The topological polar surface area (TPSA) is 93.1 Å². The van der Waals surface area contributed by atoms with Crippen LogP contribution in [-0.2, 0) is 9.59 Å². The zero-order chi connectivity index (χ0) is 26.6. The lowest BCUT2D eigenvalue weighted by atomic mass is 9.85. The van der Waals surface area contributed by atoms with E-state index in [1.165, 1.54) is 17.0 Å². The molecular formula is C31H25NO6. The number of allylic oxidation sites excluding steroid dienone is 3.